The quantitative estimate of drug-likeness (QED) is 0.754. The van der Waals surface area contributed by atoms with Gasteiger partial charge in [0, 0.05) is 24.7 Å². The highest BCUT2D eigenvalue weighted by atomic mass is 16.1. The van der Waals surface area contributed by atoms with Crippen LogP contribution in [0.4, 0.5) is 0 Å². The molecular formula is C28H35N3O. The van der Waals surface area contributed by atoms with Crippen molar-refractivity contribution in [3.8, 4) is 6.07 Å². The van der Waals surface area contributed by atoms with Crippen LogP contribution >= 0.6 is 0 Å². The van der Waals surface area contributed by atoms with Crippen LogP contribution in [-0.4, -0.2) is 30.4 Å². The van der Waals surface area contributed by atoms with E-state index in [1.807, 2.05) is 19.1 Å². The molecule has 0 spiro atoms. The molecule has 0 saturated heterocycles. The molecular weight excluding hydrogens is 394 g/mol. The molecule has 2 aliphatic rings. The number of likely N-dealkylation sites (N-methyl/N-ethyl adjacent to an activating group) is 1. The van der Waals surface area contributed by atoms with Crippen LogP contribution in [0.3, 0.4) is 0 Å². The minimum Gasteiger partial charge on any atom is -0.348 e. The SMILES string of the molecule is Cc1cc(CC2C(C)(C)C(NC(=O)c3ccc4c(c3)CCN(C)C4)C2(C)C)ccc1C#N. The molecule has 0 unspecified atom stereocenters. The van der Waals surface area contributed by atoms with Crippen molar-refractivity contribution >= 4 is 5.91 Å². The van der Waals surface area contributed by atoms with Gasteiger partial charge < -0.3 is 10.2 Å². The van der Waals surface area contributed by atoms with E-state index in [0.29, 0.717) is 5.92 Å². The van der Waals surface area contributed by atoms with E-state index in [1.165, 1.54) is 16.7 Å². The van der Waals surface area contributed by atoms with Gasteiger partial charge in [-0.3, -0.25) is 4.79 Å². The predicted molar refractivity (Wildman–Crippen MR) is 128 cm³/mol. The van der Waals surface area contributed by atoms with Crippen molar-refractivity contribution in [1.29, 1.82) is 5.26 Å². The molecule has 168 valence electrons. The van der Waals surface area contributed by atoms with Gasteiger partial charge in [-0.05, 0) is 84.0 Å². The maximum atomic E-state index is 13.2. The largest absolute Gasteiger partial charge is 0.348 e. The van der Waals surface area contributed by atoms with Gasteiger partial charge in [0.25, 0.3) is 5.91 Å². The Balaban J connectivity index is 1.49. The number of amides is 1. The second kappa shape index (κ2) is 8.05. The summed E-state index contributed by atoms with van der Waals surface area (Å²) in [5.74, 6) is 0.470. The van der Waals surface area contributed by atoms with Crippen molar-refractivity contribution in [1.82, 2.24) is 10.2 Å². The normalized spacial score (nSPS) is 23.5. The molecule has 2 aromatic carbocycles. The first-order valence-electron chi connectivity index (χ1n) is 11.6. The standard InChI is InChI=1S/C28H35N3O/c1-18-13-19(7-8-22(18)16-29)14-24-27(2,3)26(28(24,4)5)30-25(32)21-9-10-23-17-31(6)12-11-20(23)15-21/h7-10,13,15,24,26H,11-12,14,17H2,1-6H3,(H,30,32). The summed E-state index contributed by atoms with van der Waals surface area (Å²) in [7, 11) is 2.14. The van der Waals surface area contributed by atoms with E-state index < -0.39 is 0 Å². The third kappa shape index (κ3) is 3.84. The number of nitriles is 1. The zero-order valence-corrected chi connectivity index (χ0v) is 20.2. The molecule has 1 aliphatic carbocycles. The van der Waals surface area contributed by atoms with Gasteiger partial charge in [-0.2, -0.15) is 5.26 Å². The highest BCUT2D eigenvalue weighted by Gasteiger charge is 2.61. The smallest absolute Gasteiger partial charge is 0.251 e. The Labute approximate surface area is 192 Å². The third-order valence-corrected chi connectivity index (χ3v) is 8.08. The first-order chi connectivity index (χ1) is 15.0. The van der Waals surface area contributed by atoms with E-state index in [2.05, 4.69) is 75.3 Å². The summed E-state index contributed by atoms with van der Waals surface area (Å²) in [6.07, 6.45) is 1.95. The lowest BCUT2D eigenvalue weighted by Gasteiger charge is -2.64. The second-order valence-corrected chi connectivity index (χ2v) is 11.0. The van der Waals surface area contributed by atoms with Gasteiger partial charge in [-0.15, -0.1) is 0 Å². The lowest BCUT2D eigenvalue weighted by molar-refractivity contribution is -0.121. The summed E-state index contributed by atoms with van der Waals surface area (Å²) < 4.78 is 0. The van der Waals surface area contributed by atoms with Crippen molar-refractivity contribution in [2.45, 2.75) is 60.0 Å². The van der Waals surface area contributed by atoms with Gasteiger partial charge in [0.2, 0.25) is 0 Å². The summed E-state index contributed by atoms with van der Waals surface area (Å²) in [4.78, 5) is 15.5. The molecule has 0 bridgehead atoms. The monoisotopic (exact) mass is 429 g/mol. The number of hydrogen-bond acceptors (Lipinski definition) is 3. The number of carbonyl (C=O) groups is 1. The molecule has 4 heteroatoms. The van der Waals surface area contributed by atoms with Crippen LogP contribution in [-0.2, 0) is 19.4 Å². The van der Waals surface area contributed by atoms with E-state index in [9.17, 15) is 10.1 Å². The van der Waals surface area contributed by atoms with Crippen LogP contribution in [0, 0.1) is 35.0 Å². The molecule has 0 atom stereocenters. The molecule has 1 aliphatic heterocycles. The second-order valence-electron chi connectivity index (χ2n) is 11.0. The molecule has 4 nitrogen and oxygen atoms in total. The van der Waals surface area contributed by atoms with Crippen LogP contribution in [0.15, 0.2) is 36.4 Å². The fourth-order valence-electron chi connectivity index (χ4n) is 6.39. The fraction of sp³-hybridized carbons (Fsp3) is 0.500. The van der Waals surface area contributed by atoms with Gasteiger partial charge in [0.1, 0.15) is 0 Å². The van der Waals surface area contributed by atoms with Gasteiger partial charge in [-0.25, -0.2) is 0 Å². The molecule has 1 heterocycles. The summed E-state index contributed by atoms with van der Waals surface area (Å²) in [6.45, 7) is 13.1. The Bertz CT molecular complexity index is 1080. The van der Waals surface area contributed by atoms with Gasteiger partial charge >= 0.3 is 0 Å². The summed E-state index contributed by atoms with van der Waals surface area (Å²) in [5.41, 5.74) is 6.40. The van der Waals surface area contributed by atoms with Crippen molar-refractivity contribution in [3.63, 3.8) is 0 Å². The minimum absolute atomic E-state index is 0.0160. The average Bonchev–Trinajstić information content (AvgIpc) is 2.75. The highest BCUT2D eigenvalue weighted by Crippen LogP contribution is 2.60. The summed E-state index contributed by atoms with van der Waals surface area (Å²) >= 11 is 0. The van der Waals surface area contributed by atoms with Crippen molar-refractivity contribution in [2.75, 3.05) is 13.6 Å². The molecule has 32 heavy (non-hydrogen) atoms. The molecule has 4 rings (SSSR count). The number of aryl methyl sites for hydroxylation is 1. The van der Waals surface area contributed by atoms with Crippen molar-refractivity contribution in [3.05, 3.63) is 69.8 Å². The number of benzene rings is 2. The van der Waals surface area contributed by atoms with Gasteiger partial charge in [0.05, 0.1) is 11.6 Å². The molecule has 1 amide bonds. The topological polar surface area (TPSA) is 56.1 Å². The molecule has 0 aromatic heterocycles. The number of hydrogen-bond donors (Lipinski definition) is 1. The number of fused-ring (bicyclic) bond motifs is 1. The molecule has 1 saturated carbocycles. The zero-order valence-electron chi connectivity index (χ0n) is 20.2. The number of nitrogens with zero attached hydrogens (tertiary/aromatic N) is 2. The average molecular weight is 430 g/mol. The maximum Gasteiger partial charge on any atom is 0.251 e. The van der Waals surface area contributed by atoms with Crippen molar-refractivity contribution in [2.24, 2.45) is 16.7 Å². The molecule has 1 fully saturated rings. The van der Waals surface area contributed by atoms with Crippen LogP contribution in [0.25, 0.3) is 0 Å². The van der Waals surface area contributed by atoms with Crippen LogP contribution in [0.5, 0.6) is 0 Å². The van der Waals surface area contributed by atoms with E-state index in [4.69, 9.17) is 0 Å². The van der Waals surface area contributed by atoms with E-state index in [1.54, 1.807) is 0 Å². The van der Waals surface area contributed by atoms with E-state index in [0.717, 1.165) is 42.6 Å². The maximum absolute atomic E-state index is 13.2. The lowest BCUT2D eigenvalue weighted by atomic mass is 9.43. The first kappa shape index (κ1) is 22.6. The Morgan fingerprint density at radius 1 is 1.12 bits per heavy atom. The van der Waals surface area contributed by atoms with Crippen molar-refractivity contribution < 1.29 is 4.79 Å². The molecule has 1 N–H and O–H groups in total. The Morgan fingerprint density at radius 3 is 2.50 bits per heavy atom. The molecule has 2 aromatic rings. The summed E-state index contributed by atoms with van der Waals surface area (Å²) in [5, 5.41) is 12.6. The minimum atomic E-state index is -0.0160. The lowest BCUT2D eigenvalue weighted by Crippen LogP contribution is -2.70. The highest BCUT2D eigenvalue weighted by molar-refractivity contribution is 5.95. The first-order valence-corrected chi connectivity index (χ1v) is 11.6. The number of carbonyl (C=O) groups excluding carboxylic acids is 1. The van der Waals surface area contributed by atoms with Crippen LogP contribution < -0.4 is 5.32 Å². The van der Waals surface area contributed by atoms with Gasteiger partial charge in [-0.1, -0.05) is 45.9 Å². The van der Waals surface area contributed by atoms with Gasteiger partial charge in [0.15, 0.2) is 0 Å². The Kier molecular flexibility index (Phi) is 5.67. The van der Waals surface area contributed by atoms with E-state index >= 15 is 0 Å². The van der Waals surface area contributed by atoms with E-state index in [-0.39, 0.29) is 22.8 Å². The Morgan fingerprint density at radius 2 is 1.84 bits per heavy atom. The third-order valence-electron chi connectivity index (χ3n) is 8.08. The number of nitrogens with one attached hydrogen (secondary N) is 1. The fourth-order valence-corrected chi connectivity index (χ4v) is 6.39. The molecule has 0 radical (unpaired) electrons. The Hall–Kier alpha value is -2.64. The van der Waals surface area contributed by atoms with Crippen LogP contribution in [0.1, 0.15) is 65.9 Å². The van der Waals surface area contributed by atoms with Crippen LogP contribution in [0.2, 0.25) is 0 Å². The summed E-state index contributed by atoms with van der Waals surface area (Å²) in [6, 6.07) is 14.7. The predicted octanol–water partition coefficient (Wildman–Crippen LogP) is 4.88. The number of rotatable bonds is 4. The zero-order chi connectivity index (χ0) is 23.3.